The van der Waals surface area contributed by atoms with Gasteiger partial charge in [-0.15, -0.1) is 0 Å². The molecule has 0 spiro atoms. The Morgan fingerprint density at radius 1 is 1.50 bits per heavy atom. The van der Waals surface area contributed by atoms with Crippen molar-refractivity contribution < 1.29 is 24.5 Å². The minimum Gasteiger partial charge on any atom is -0.461 e. The molecule has 5 N–H and O–H groups in total. The number of nitrogens with one attached hydrogen (secondary N) is 1. The first kappa shape index (κ1) is 12.7. The first-order valence-electron chi connectivity index (χ1n) is 3.99. The van der Waals surface area contributed by atoms with Crippen LogP contribution >= 0.6 is 0 Å². The van der Waals surface area contributed by atoms with E-state index in [1.807, 2.05) is 5.32 Å². The Morgan fingerprint density at radius 2 is 2.07 bits per heavy atom. The molecule has 0 aromatic rings. The molecule has 0 fully saturated rings. The zero-order chi connectivity index (χ0) is 11.1. The number of aliphatic hydroxyl groups excluding tert-OH is 2. The van der Waals surface area contributed by atoms with Gasteiger partial charge in [-0.3, -0.25) is 0 Å². The van der Waals surface area contributed by atoms with E-state index in [4.69, 9.17) is 15.9 Å². The molecule has 14 heavy (non-hydrogen) atoms. The number of rotatable bonds is 5. The Labute approximate surface area is 80.8 Å². The number of hydrogen-bond donors (Lipinski definition) is 4. The van der Waals surface area contributed by atoms with Gasteiger partial charge in [-0.25, -0.2) is 9.59 Å². The van der Waals surface area contributed by atoms with E-state index >= 15 is 0 Å². The molecular weight excluding hydrogens is 192 g/mol. The summed E-state index contributed by atoms with van der Waals surface area (Å²) in [5, 5.41) is 19.8. The molecule has 2 unspecified atom stereocenters. The number of aliphatic hydroxyl groups is 2. The largest absolute Gasteiger partial charge is 0.461 e. The lowest BCUT2D eigenvalue weighted by Gasteiger charge is -2.11. The van der Waals surface area contributed by atoms with Crippen molar-refractivity contribution in [1.82, 2.24) is 5.32 Å². The lowest BCUT2D eigenvalue weighted by atomic mass is 10.3. The van der Waals surface area contributed by atoms with Gasteiger partial charge in [-0.05, 0) is 6.92 Å². The number of ether oxygens (including phenoxy) is 1. The molecule has 7 heteroatoms. The van der Waals surface area contributed by atoms with Crippen LogP contribution in [-0.2, 0) is 9.53 Å². The summed E-state index contributed by atoms with van der Waals surface area (Å²) in [4.78, 5) is 21.1. The first-order chi connectivity index (χ1) is 6.43. The van der Waals surface area contributed by atoms with Gasteiger partial charge < -0.3 is 26.0 Å². The van der Waals surface area contributed by atoms with E-state index in [0.717, 1.165) is 0 Å². The number of hydrogen-bond acceptors (Lipinski definition) is 5. The number of esters is 1. The van der Waals surface area contributed by atoms with Crippen LogP contribution in [0.15, 0.2) is 0 Å². The summed E-state index contributed by atoms with van der Waals surface area (Å²) < 4.78 is 4.47. The van der Waals surface area contributed by atoms with Crippen molar-refractivity contribution in [3.63, 3.8) is 0 Å². The van der Waals surface area contributed by atoms with E-state index in [2.05, 4.69) is 4.74 Å². The number of urea groups is 1. The summed E-state index contributed by atoms with van der Waals surface area (Å²) in [7, 11) is 0. The van der Waals surface area contributed by atoms with Crippen molar-refractivity contribution in [2.75, 3.05) is 13.2 Å². The van der Waals surface area contributed by atoms with E-state index < -0.39 is 24.2 Å². The van der Waals surface area contributed by atoms with Crippen LogP contribution in [0.2, 0.25) is 0 Å². The zero-order valence-electron chi connectivity index (χ0n) is 7.77. The van der Waals surface area contributed by atoms with Crippen LogP contribution in [0.1, 0.15) is 6.92 Å². The highest BCUT2D eigenvalue weighted by Gasteiger charge is 2.17. The van der Waals surface area contributed by atoms with Crippen molar-refractivity contribution >= 4 is 12.0 Å². The molecule has 0 heterocycles. The Kier molecular flexibility index (Phi) is 5.58. The maximum atomic E-state index is 10.9. The van der Waals surface area contributed by atoms with Crippen molar-refractivity contribution in [3.05, 3.63) is 0 Å². The molecule has 0 rings (SSSR count). The Balaban J connectivity index is 3.70. The topological polar surface area (TPSA) is 122 Å². The molecule has 0 aliphatic rings. The molecule has 0 aromatic heterocycles. The Morgan fingerprint density at radius 3 is 2.50 bits per heavy atom. The molecule has 2 atom stereocenters. The maximum Gasteiger partial charge on any atom is 0.336 e. The number of nitrogens with two attached hydrogens (primary N) is 1. The highest BCUT2D eigenvalue weighted by molar-refractivity contribution is 5.76. The van der Waals surface area contributed by atoms with Gasteiger partial charge in [-0.1, -0.05) is 0 Å². The quantitative estimate of drug-likeness (QED) is 0.385. The normalized spacial score (nSPS) is 14.2. The molecule has 0 radical (unpaired) electrons. The number of carbonyl (C=O) groups excluding carboxylic acids is 2. The number of amides is 2. The second-order valence-corrected chi connectivity index (χ2v) is 2.74. The fourth-order valence-corrected chi connectivity index (χ4v) is 0.580. The fraction of sp³-hybridized carbons (Fsp3) is 0.714. The average Bonchev–Trinajstić information content (AvgIpc) is 2.09. The molecule has 2 amide bonds. The minimum atomic E-state index is -1.47. The summed E-state index contributed by atoms with van der Waals surface area (Å²) in [5.41, 5.74) is 4.71. The van der Waals surface area contributed by atoms with Crippen LogP contribution in [0, 0.1) is 0 Å². The SMILES string of the molecule is CC(O)COC(=O)C(O)CNC(N)=O. The van der Waals surface area contributed by atoms with Crippen molar-refractivity contribution in [1.29, 1.82) is 0 Å². The predicted molar refractivity (Wildman–Crippen MR) is 46.2 cm³/mol. The fourth-order valence-electron chi connectivity index (χ4n) is 0.580. The molecule has 0 aliphatic carbocycles. The van der Waals surface area contributed by atoms with Gasteiger partial charge in [-0.2, -0.15) is 0 Å². The van der Waals surface area contributed by atoms with E-state index in [1.165, 1.54) is 6.92 Å². The van der Waals surface area contributed by atoms with Gasteiger partial charge in [0.25, 0.3) is 0 Å². The van der Waals surface area contributed by atoms with Crippen molar-refractivity contribution in [3.8, 4) is 0 Å². The summed E-state index contributed by atoms with van der Waals surface area (Å²) in [6.45, 7) is 0.918. The zero-order valence-corrected chi connectivity index (χ0v) is 7.77. The number of primary amides is 1. The second-order valence-electron chi connectivity index (χ2n) is 2.74. The molecule has 0 saturated heterocycles. The van der Waals surface area contributed by atoms with Gasteiger partial charge in [0, 0.05) is 0 Å². The van der Waals surface area contributed by atoms with Crippen LogP contribution in [0.4, 0.5) is 4.79 Å². The van der Waals surface area contributed by atoms with Gasteiger partial charge in [0.15, 0.2) is 6.10 Å². The average molecular weight is 206 g/mol. The molecule has 0 aliphatic heterocycles. The Hall–Kier alpha value is -1.34. The van der Waals surface area contributed by atoms with Crippen LogP contribution in [0.5, 0.6) is 0 Å². The van der Waals surface area contributed by atoms with E-state index in [9.17, 15) is 9.59 Å². The summed E-state index contributed by atoms with van der Waals surface area (Å²) in [5.74, 6) is -0.917. The molecule has 82 valence electrons. The smallest absolute Gasteiger partial charge is 0.336 e. The van der Waals surface area contributed by atoms with Crippen LogP contribution in [0.25, 0.3) is 0 Å². The third-order valence-electron chi connectivity index (χ3n) is 1.21. The first-order valence-corrected chi connectivity index (χ1v) is 3.99. The van der Waals surface area contributed by atoms with Gasteiger partial charge >= 0.3 is 12.0 Å². The number of carbonyl (C=O) groups is 2. The third-order valence-corrected chi connectivity index (χ3v) is 1.21. The van der Waals surface area contributed by atoms with Gasteiger partial charge in [0.1, 0.15) is 6.61 Å². The van der Waals surface area contributed by atoms with Gasteiger partial charge in [0.2, 0.25) is 0 Å². The lowest BCUT2D eigenvalue weighted by Crippen LogP contribution is -2.40. The molecule has 0 saturated carbocycles. The highest BCUT2D eigenvalue weighted by Crippen LogP contribution is 1.90. The van der Waals surface area contributed by atoms with Crippen LogP contribution in [0.3, 0.4) is 0 Å². The Bertz CT molecular complexity index is 206. The predicted octanol–water partition coefficient (Wildman–Crippen LogP) is -2.06. The highest BCUT2D eigenvalue weighted by atomic mass is 16.6. The summed E-state index contributed by atoms with van der Waals surface area (Å²) in [6, 6.07) is -0.840. The second kappa shape index (κ2) is 6.17. The molecule has 7 nitrogen and oxygen atoms in total. The molecule has 0 aromatic carbocycles. The maximum absolute atomic E-state index is 10.9. The molecule has 0 bridgehead atoms. The van der Waals surface area contributed by atoms with Gasteiger partial charge in [0.05, 0.1) is 12.6 Å². The van der Waals surface area contributed by atoms with Crippen molar-refractivity contribution in [2.45, 2.75) is 19.1 Å². The van der Waals surface area contributed by atoms with Crippen molar-refractivity contribution in [2.24, 2.45) is 5.73 Å². The third kappa shape index (κ3) is 6.21. The lowest BCUT2D eigenvalue weighted by molar-refractivity contribution is -0.155. The summed E-state index contributed by atoms with van der Waals surface area (Å²) >= 11 is 0. The van der Waals surface area contributed by atoms with E-state index in [1.54, 1.807) is 0 Å². The minimum absolute atomic E-state index is 0.202. The standard InChI is InChI=1S/C7H14N2O5/c1-4(10)3-14-6(12)5(11)2-9-7(8)13/h4-5,10-11H,2-3H2,1H3,(H3,8,9,13). The monoisotopic (exact) mass is 206 g/mol. The van der Waals surface area contributed by atoms with Crippen LogP contribution < -0.4 is 11.1 Å². The van der Waals surface area contributed by atoms with E-state index in [-0.39, 0.29) is 13.2 Å². The van der Waals surface area contributed by atoms with E-state index in [0.29, 0.717) is 0 Å². The summed E-state index contributed by atoms with van der Waals surface area (Å²) in [6.07, 6.45) is -2.27. The van der Waals surface area contributed by atoms with Crippen LogP contribution in [-0.4, -0.2) is 47.6 Å². The molecular formula is C7H14N2O5.